The van der Waals surface area contributed by atoms with E-state index in [1.807, 2.05) is 78.9 Å². The smallest absolute Gasteiger partial charge is 0.00136 e. The molecule has 0 aliphatic rings. The molecule has 0 saturated heterocycles. The average Bonchev–Trinajstić information content (AvgIpc) is 2.72. The van der Waals surface area contributed by atoms with Crippen molar-refractivity contribution in [2.75, 3.05) is 0 Å². The predicted molar refractivity (Wildman–Crippen MR) is 109 cm³/mol. The summed E-state index contributed by atoms with van der Waals surface area (Å²) >= 11 is 0. The predicted octanol–water partition coefficient (Wildman–Crippen LogP) is 5.81. The third-order valence-corrected chi connectivity index (χ3v) is 4.40. The van der Waals surface area contributed by atoms with E-state index < -0.39 is 0 Å². The summed E-state index contributed by atoms with van der Waals surface area (Å²) in [6.07, 6.45) is 1.76. The summed E-state index contributed by atoms with van der Waals surface area (Å²) in [5.74, 6) is 0.0682. The van der Waals surface area contributed by atoms with Crippen LogP contribution in [0, 0.1) is 6.92 Å². The van der Waals surface area contributed by atoms with Gasteiger partial charge in [-0.3, -0.25) is 0 Å². The number of rotatable bonds is 5. The second-order valence-electron chi connectivity index (χ2n) is 6.05. The fourth-order valence-electron chi connectivity index (χ4n) is 3.11. The topological polar surface area (TPSA) is 23.1 Å². The van der Waals surface area contributed by atoms with Crippen LogP contribution in [0.25, 0.3) is 6.08 Å². The summed E-state index contributed by atoms with van der Waals surface area (Å²) in [5.41, 5.74) is 3.19. The van der Waals surface area contributed by atoms with Gasteiger partial charge in [0.1, 0.15) is 0 Å². The molecule has 0 aliphatic heterocycles. The minimum Gasteiger partial charge on any atom is -0.875 e. The second kappa shape index (κ2) is 12.3. The Kier molecular flexibility index (Phi) is 10.4. The van der Waals surface area contributed by atoms with Gasteiger partial charge < -0.3 is 5.11 Å². The van der Waals surface area contributed by atoms with Crippen LogP contribution in [0.15, 0.2) is 96.8 Å². The minimum absolute atomic E-state index is 0. The van der Waals surface area contributed by atoms with Gasteiger partial charge in [0, 0.05) is 25.4 Å². The summed E-state index contributed by atoms with van der Waals surface area (Å²) in [5, 5.41) is 13.1. The molecule has 0 aromatic heterocycles. The summed E-state index contributed by atoms with van der Waals surface area (Å²) in [7, 11) is 0. The molecule has 3 aromatic rings. The molecule has 3 aromatic carbocycles. The van der Waals surface area contributed by atoms with Crippen molar-refractivity contribution in [1.82, 2.24) is 0 Å². The Labute approximate surface area is 176 Å². The molecule has 0 N–H and O–H groups in total. The van der Waals surface area contributed by atoms with Crippen LogP contribution in [0.5, 0.6) is 0 Å². The third kappa shape index (κ3) is 6.49. The average molecular weight is 408 g/mol. The number of benzene rings is 3. The minimum atomic E-state index is -0.186. The van der Waals surface area contributed by atoms with E-state index in [0.29, 0.717) is 0 Å². The van der Waals surface area contributed by atoms with Gasteiger partial charge in [-0.1, -0.05) is 118 Å². The molecule has 3 rings (SSSR count). The summed E-state index contributed by atoms with van der Waals surface area (Å²) in [4.78, 5) is 0. The second-order valence-corrected chi connectivity index (χ2v) is 6.05. The van der Waals surface area contributed by atoms with Crippen molar-refractivity contribution in [2.24, 2.45) is 0 Å². The zero-order valence-corrected chi connectivity index (χ0v) is 19.2. The van der Waals surface area contributed by atoms with E-state index in [9.17, 15) is 5.11 Å². The Morgan fingerprint density at radius 3 is 1.63 bits per heavy atom. The first kappa shape index (κ1) is 22.9. The first-order valence-electron chi connectivity index (χ1n) is 9.00. The molecule has 1 radical (unpaired) electrons. The van der Waals surface area contributed by atoms with Gasteiger partial charge in [-0.05, 0) is 22.6 Å². The molecule has 0 spiro atoms. The van der Waals surface area contributed by atoms with Crippen LogP contribution in [0.4, 0.5) is 0 Å². The van der Waals surface area contributed by atoms with E-state index in [1.54, 1.807) is 13.0 Å². The molecule has 0 saturated carbocycles. The van der Waals surface area contributed by atoms with Gasteiger partial charge in [-0.25, -0.2) is 0 Å². The van der Waals surface area contributed by atoms with E-state index in [1.165, 1.54) is 5.56 Å². The number of hydrogen-bond donors (Lipinski definition) is 0. The van der Waals surface area contributed by atoms with Crippen molar-refractivity contribution < 1.29 is 24.6 Å². The summed E-state index contributed by atoms with van der Waals surface area (Å²) < 4.78 is 0. The van der Waals surface area contributed by atoms with E-state index >= 15 is 0 Å². The zero-order chi connectivity index (χ0) is 18.8. The Bertz CT molecular complexity index is 782. The maximum absolute atomic E-state index is 13.1. The van der Waals surface area contributed by atoms with Gasteiger partial charge in [0.05, 0.1) is 0 Å². The molecular formula is C25H26OZn-. The van der Waals surface area contributed by atoms with Crippen LogP contribution in [0.2, 0.25) is 0 Å². The van der Waals surface area contributed by atoms with Crippen molar-refractivity contribution in [3.63, 3.8) is 0 Å². The molecule has 2 unspecified atom stereocenters. The van der Waals surface area contributed by atoms with Crippen molar-refractivity contribution in [3.8, 4) is 0 Å². The maximum atomic E-state index is 13.1. The SMILES string of the molecule is CC(c1ccccc1)C(/C([O-])=C/c1ccccc1)c1ccccc1.[CH2]C.[Zn]. The van der Waals surface area contributed by atoms with Gasteiger partial charge in [0.15, 0.2) is 0 Å². The van der Waals surface area contributed by atoms with Gasteiger partial charge in [-0.15, -0.1) is 5.76 Å². The first-order chi connectivity index (χ1) is 12.8. The first-order valence-corrected chi connectivity index (χ1v) is 9.00. The monoisotopic (exact) mass is 406 g/mol. The fourth-order valence-corrected chi connectivity index (χ4v) is 3.11. The van der Waals surface area contributed by atoms with E-state index in [4.69, 9.17) is 0 Å². The van der Waals surface area contributed by atoms with Crippen LogP contribution in [0.1, 0.15) is 42.4 Å². The molecule has 0 aliphatic carbocycles. The molecule has 0 amide bonds. The fraction of sp³-hybridized carbons (Fsp3) is 0.160. The van der Waals surface area contributed by atoms with Gasteiger partial charge in [-0.2, -0.15) is 0 Å². The standard InChI is InChI=1S/C23H22O.C2H5.Zn/c1-18(20-13-7-3-8-14-20)23(21-15-9-4-10-16-21)22(24)17-19-11-5-2-6-12-19;1-2;/h2-18,23-24H,1H3;1H2,2H3;/p-1/b22-17-;;. The molecule has 2 atom stereocenters. The van der Waals surface area contributed by atoms with Crippen LogP contribution in [0.3, 0.4) is 0 Å². The van der Waals surface area contributed by atoms with Crippen LogP contribution in [-0.2, 0) is 19.5 Å². The van der Waals surface area contributed by atoms with Crippen molar-refractivity contribution in [2.45, 2.75) is 25.7 Å². The molecule has 1 nitrogen and oxygen atoms in total. The molecule has 0 bridgehead atoms. The molecule has 0 heterocycles. The molecule has 2 heteroatoms. The Hall–Kier alpha value is -2.18. The Balaban J connectivity index is 0.00000118. The van der Waals surface area contributed by atoms with Crippen molar-refractivity contribution in [3.05, 3.63) is 120 Å². The maximum Gasteiger partial charge on any atom is 0.00136 e. The quantitative estimate of drug-likeness (QED) is 0.386. The summed E-state index contributed by atoms with van der Waals surface area (Å²) in [6.45, 7) is 7.13. The van der Waals surface area contributed by atoms with Crippen LogP contribution in [-0.4, -0.2) is 0 Å². The Morgan fingerprint density at radius 2 is 1.15 bits per heavy atom. The number of allylic oxidation sites excluding steroid dienone is 1. The van der Waals surface area contributed by atoms with Crippen LogP contribution >= 0.6 is 0 Å². The van der Waals surface area contributed by atoms with Crippen LogP contribution < -0.4 is 5.11 Å². The van der Waals surface area contributed by atoms with E-state index in [-0.39, 0.29) is 37.1 Å². The van der Waals surface area contributed by atoms with Gasteiger partial charge in [0.2, 0.25) is 0 Å². The van der Waals surface area contributed by atoms with Crippen molar-refractivity contribution >= 4 is 6.08 Å². The largest absolute Gasteiger partial charge is 0.875 e. The normalized spacial score (nSPS) is 12.8. The summed E-state index contributed by atoms with van der Waals surface area (Å²) in [6, 6.07) is 30.1. The zero-order valence-electron chi connectivity index (χ0n) is 16.2. The molecule has 135 valence electrons. The molecule has 27 heavy (non-hydrogen) atoms. The third-order valence-electron chi connectivity index (χ3n) is 4.40. The number of hydrogen-bond acceptors (Lipinski definition) is 1. The van der Waals surface area contributed by atoms with E-state index in [0.717, 1.165) is 11.1 Å². The van der Waals surface area contributed by atoms with E-state index in [2.05, 4.69) is 26.0 Å². The van der Waals surface area contributed by atoms with Crippen molar-refractivity contribution in [1.29, 1.82) is 0 Å². The molecular weight excluding hydrogens is 382 g/mol. The van der Waals surface area contributed by atoms with Gasteiger partial charge in [0.25, 0.3) is 0 Å². The molecule has 0 fully saturated rings. The Morgan fingerprint density at radius 1 is 0.741 bits per heavy atom. The van der Waals surface area contributed by atoms with Gasteiger partial charge >= 0.3 is 0 Å².